The van der Waals surface area contributed by atoms with Crippen LogP contribution in [0.3, 0.4) is 0 Å². The van der Waals surface area contributed by atoms with Gasteiger partial charge in [-0.05, 0) is 42.1 Å². The summed E-state index contributed by atoms with van der Waals surface area (Å²) in [7, 11) is 0. The summed E-state index contributed by atoms with van der Waals surface area (Å²) in [5, 5.41) is 3.55. The van der Waals surface area contributed by atoms with Gasteiger partial charge in [0.2, 0.25) is 0 Å². The molecule has 1 nitrogen and oxygen atoms in total. The van der Waals surface area contributed by atoms with Gasteiger partial charge in [-0.2, -0.15) is 0 Å². The maximum absolute atomic E-state index is 3.70. The van der Waals surface area contributed by atoms with Crippen LogP contribution in [0.15, 0.2) is 57.5 Å². The molecule has 20 heavy (non-hydrogen) atoms. The van der Waals surface area contributed by atoms with E-state index in [1.54, 1.807) is 0 Å². The topological polar surface area (TPSA) is 12.0 Å². The van der Waals surface area contributed by atoms with Crippen molar-refractivity contribution in [1.29, 1.82) is 0 Å². The van der Waals surface area contributed by atoms with Gasteiger partial charge in [-0.25, -0.2) is 0 Å². The summed E-state index contributed by atoms with van der Waals surface area (Å²) in [6.45, 7) is 2.16. The van der Waals surface area contributed by atoms with E-state index in [1.807, 2.05) is 0 Å². The molecule has 0 amide bonds. The van der Waals surface area contributed by atoms with Crippen molar-refractivity contribution in [2.45, 2.75) is 12.3 Å². The molecule has 0 saturated carbocycles. The Morgan fingerprint density at radius 3 is 2.35 bits per heavy atom. The maximum Gasteiger partial charge on any atom is 0.0210 e. The van der Waals surface area contributed by atoms with Gasteiger partial charge >= 0.3 is 0 Å². The Balaban J connectivity index is 1.83. The summed E-state index contributed by atoms with van der Waals surface area (Å²) >= 11 is 7.36. The summed E-state index contributed by atoms with van der Waals surface area (Å²) < 4.78 is 2.45. The lowest BCUT2D eigenvalue weighted by Crippen LogP contribution is -2.14. The zero-order valence-corrected chi connectivity index (χ0v) is 14.3. The van der Waals surface area contributed by atoms with E-state index in [1.165, 1.54) is 20.1 Å². The van der Waals surface area contributed by atoms with E-state index >= 15 is 0 Å². The normalized spacial score (nSPS) is 22.1. The molecule has 1 aliphatic rings. The molecule has 2 atom stereocenters. The van der Waals surface area contributed by atoms with Crippen LogP contribution in [0, 0.1) is 5.92 Å². The molecule has 1 fully saturated rings. The van der Waals surface area contributed by atoms with Crippen LogP contribution >= 0.6 is 31.9 Å². The maximum atomic E-state index is 3.70. The lowest BCUT2D eigenvalue weighted by atomic mass is 9.85. The summed E-state index contributed by atoms with van der Waals surface area (Å²) in [4.78, 5) is 0. The van der Waals surface area contributed by atoms with Crippen molar-refractivity contribution in [2.75, 3.05) is 13.1 Å². The van der Waals surface area contributed by atoms with Crippen LogP contribution in [0.25, 0.3) is 0 Å². The average molecular weight is 395 g/mol. The lowest BCUT2D eigenvalue weighted by molar-refractivity contribution is 0.514. The fourth-order valence-electron chi connectivity index (χ4n) is 3.03. The van der Waals surface area contributed by atoms with Crippen LogP contribution in [-0.2, 0) is 6.42 Å². The van der Waals surface area contributed by atoms with Crippen LogP contribution < -0.4 is 5.32 Å². The van der Waals surface area contributed by atoms with Gasteiger partial charge in [-0.3, -0.25) is 0 Å². The Kier molecular flexibility index (Phi) is 4.59. The molecule has 0 radical (unpaired) electrons. The number of hydrogen-bond acceptors (Lipinski definition) is 1. The van der Waals surface area contributed by atoms with Gasteiger partial charge in [-0.1, -0.05) is 68.3 Å². The van der Waals surface area contributed by atoms with Crippen molar-refractivity contribution in [3.05, 3.63) is 68.6 Å². The first kappa shape index (κ1) is 14.3. The lowest BCUT2D eigenvalue weighted by Gasteiger charge is -2.20. The molecule has 0 aromatic heterocycles. The molecular formula is C17H17Br2N. The van der Waals surface area contributed by atoms with Gasteiger partial charge in [0.25, 0.3) is 0 Å². The molecule has 2 aromatic carbocycles. The quantitative estimate of drug-likeness (QED) is 0.791. The van der Waals surface area contributed by atoms with E-state index in [4.69, 9.17) is 0 Å². The number of nitrogens with one attached hydrogen (secondary N) is 1. The first-order valence-electron chi connectivity index (χ1n) is 6.94. The Morgan fingerprint density at radius 1 is 0.900 bits per heavy atom. The summed E-state index contributed by atoms with van der Waals surface area (Å²) in [6.07, 6.45) is 1.11. The van der Waals surface area contributed by atoms with Crippen molar-refractivity contribution >= 4 is 31.9 Å². The number of rotatable bonds is 3. The molecule has 3 heteroatoms. The summed E-state index contributed by atoms with van der Waals surface area (Å²) in [6, 6.07) is 17.1. The number of hydrogen-bond donors (Lipinski definition) is 1. The minimum Gasteiger partial charge on any atom is -0.316 e. The highest BCUT2D eigenvalue weighted by atomic mass is 79.9. The van der Waals surface area contributed by atoms with Crippen molar-refractivity contribution < 1.29 is 0 Å². The zero-order chi connectivity index (χ0) is 13.9. The molecule has 0 aliphatic carbocycles. The second-order valence-corrected chi connectivity index (χ2v) is 7.05. The largest absolute Gasteiger partial charge is 0.316 e. The Hall–Kier alpha value is -0.640. The van der Waals surface area contributed by atoms with Crippen LogP contribution in [-0.4, -0.2) is 13.1 Å². The highest BCUT2D eigenvalue weighted by Crippen LogP contribution is 2.35. The van der Waals surface area contributed by atoms with Crippen molar-refractivity contribution in [1.82, 2.24) is 5.32 Å². The molecule has 1 aliphatic heterocycles. The Morgan fingerprint density at radius 2 is 1.60 bits per heavy atom. The van der Waals surface area contributed by atoms with Crippen LogP contribution in [0.5, 0.6) is 0 Å². The fourth-order valence-corrected chi connectivity index (χ4v) is 4.06. The van der Waals surface area contributed by atoms with Crippen molar-refractivity contribution in [3.63, 3.8) is 0 Å². The third-order valence-electron chi connectivity index (χ3n) is 4.08. The Labute approximate surface area is 137 Å². The molecular weight excluding hydrogens is 378 g/mol. The molecule has 0 spiro atoms. The highest BCUT2D eigenvalue weighted by molar-refractivity contribution is 9.10. The van der Waals surface area contributed by atoms with Gasteiger partial charge in [0.15, 0.2) is 0 Å². The second-order valence-electron chi connectivity index (χ2n) is 5.34. The van der Waals surface area contributed by atoms with E-state index in [-0.39, 0.29) is 0 Å². The predicted molar refractivity (Wildman–Crippen MR) is 91.1 cm³/mol. The van der Waals surface area contributed by atoms with Gasteiger partial charge < -0.3 is 5.32 Å². The third-order valence-corrected chi connectivity index (χ3v) is 5.58. The number of benzene rings is 2. The van der Waals surface area contributed by atoms with Crippen LogP contribution in [0.1, 0.15) is 17.0 Å². The third kappa shape index (κ3) is 3.00. The molecule has 1 saturated heterocycles. The van der Waals surface area contributed by atoms with E-state index in [0.29, 0.717) is 11.8 Å². The van der Waals surface area contributed by atoms with E-state index in [2.05, 4.69) is 85.7 Å². The van der Waals surface area contributed by atoms with E-state index in [9.17, 15) is 0 Å². The van der Waals surface area contributed by atoms with Gasteiger partial charge in [0.05, 0.1) is 0 Å². The van der Waals surface area contributed by atoms with E-state index in [0.717, 1.165) is 19.5 Å². The van der Waals surface area contributed by atoms with Gasteiger partial charge in [0.1, 0.15) is 0 Å². The molecule has 104 valence electrons. The fraction of sp³-hybridized carbons (Fsp3) is 0.294. The summed E-state index contributed by atoms with van der Waals surface area (Å²) in [5.74, 6) is 1.23. The number of halogens is 2. The average Bonchev–Trinajstić information content (AvgIpc) is 2.90. The minimum absolute atomic E-state index is 0.581. The molecule has 1 N–H and O–H groups in total. The molecule has 2 aromatic rings. The van der Waals surface area contributed by atoms with Gasteiger partial charge in [0, 0.05) is 21.4 Å². The first-order valence-corrected chi connectivity index (χ1v) is 8.53. The first-order chi connectivity index (χ1) is 9.75. The van der Waals surface area contributed by atoms with Crippen molar-refractivity contribution in [2.24, 2.45) is 5.92 Å². The van der Waals surface area contributed by atoms with Crippen LogP contribution in [0.4, 0.5) is 0 Å². The second kappa shape index (κ2) is 6.42. The Bertz CT molecular complexity index is 597. The molecule has 1 heterocycles. The van der Waals surface area contributed by atoms with E-state index < -0.39 is 0 Å². The molecule has 3 rings (SSSR count). The predicted octanol–water partition coefficient (Wildman–Crippen LogP) is 4.76. The molecule has 0 bridgehead atoms. The zero-order valence-electron chi connectivity index (χ0n) is 11.2. The SMILES string of the molecule is Brc1ccccc1C[C@@H]1CNC[C@@H]1c1ccccc1Br. The standard InChI is InChI=1S/C17H17Br2N/c18-16-7-3-1-5-12(16)9-13-10-20-11-15(13)14-6-2-4-8-17(14)19/h1-8,13,15,20H,9-11H2/t13-,15+/m1/s1. The van der Waals surface area contributed by atoms with Gasteiger partial charge in [-0.15, -0.1) is 0 Å². The monoisotopic (exact) mass is 393 g/mol. The highest BCUT2D eigenvalue weighted by Gasteiger charge is 2.29. The minimum atomic E-state index is 0.581. The molecule has 0 unspecified atom stereocenters. The van der Waals surface area contributed by atoms with Crippen molar-refractivity contribution in [3.8, 4) is 0 Å². The van der Waals surface area contributed by atoms with Crippen LogP contribution in [0.2, 0.25) is 0 Å². The smallest absolute Gasteiger partial charge is 0.0210 e. The summed E-state index contributed by atoms with van der Waals surface area (Å²) in [5.41, 5.74) is 2.83.